The summed E-state index contributed by atoms with van der Waals surface area (Å²) in [6.45, 7) is 8.72. The molecule has 3 aromatic carbocycles. The van der Waals surface area contributed by atoms with Gasteiger partial charge >= 0.3 is 0 Å². The third-order valence-electron chi connectivity index (χ3n) is 6.53. The van der Waals surface area contributed by atoms with E-state index in [1.807, 2.05) is 97.6 Å². The average molecular weight is 467 g/mol. The van der Waals surface area contributed by atoms with Crippen LogP contribution < -0.4 is 10.5 Å². The molecule has 178 valence electrons. The van der Waals surface area contributed by atoms with Gasteiger partial charge in [0.2, 0.25) is 0 Å². The molecule has 0 saturated carbocycles. The van der Waals surface area contributed by atoms with Crippen LogP contribution >= 0.6 is 0 Å². The highest BCUT2D eigenvalue weighted by Crippen LogP contribution is 2.35. The van der Waals surface area contributed by atoms with Crippen LogP contribution in [0.5, 0.6) is 0 Å². The molecule has 0 saturated heterocycles. The molecule has 6 heteroatoms. The topological polar surface area (TPSA) is 63.3 Å². The number of aromatic nitrogens is 3. The van der Waals surface area contributed by atoms with Crippen molar-refractivity contribution < 1.29 is 5.11 Å². The van der Waals surface area contributed by atoms with E-state index in [4.69, 9.17) is 5.10 Å². The fourth-order valence-corrected chi connectivity index (χ4v) is 4.88. The van der Waals surface area contributed by atoms with E-state index in [2.05, 4.69) is 18.4 Å². The first-order chi connectivity index (χ1) is 16.9. The first kappa shape index (κ1) is 22.9. The van der Waals surface area contributed by atoms with E-state index in [0.717, 1.165) is 22.2 Å². The van der Waals surface area contributed by atoms with Crippen LogP contribution in [0, 0.1) is 6.92 Å². The van der Waals surface area contributed by atoms with Crippen LogP contribution in [0.2, 0.25) is 0 Å². The fraction of sp³-hybridized carbons (Fsp3) is 0.241. The molecule has 2 heterocycles. The molecule has 6 nitrogen and oxygen atoms in total. The molecule has 5 aromatic rings. The van der Waals surface area contributed by atoms with E-state index in [0.29, 0.717) is 28.8 Å². The van der Waals surface area contributed by atoms with Gasteiger partial charge in [0.15, 0.2) is 6.23 Å². The molecule has 0 aliphatic carbocycles. The molecule has 0 amide bonds. The zero-order valence-electron chi connectivity index (χ0n) is 20.5. The van der Waals surface area contributed by atoms with Crippen molar-refractivity contribution in [1.29, 1.82) is 0 Å². The Labute approximate surface area is 204 Å². The van der Waals surface area contributed by atoms with Crippen molar-refractivity contribution in [2.24, 2.45) is 0 Å². The lowest BCUT2D eigenvalue weighted by Gasteiger charge is -2.29. The fourth-order valence-electron chi connectivity index (χ4n) is 4.88. The molecule has 0 spiro atoms. The summed E-state index contributed by atoms with van der Waals surface area (Å²) in [4.78, 5) is 15.9. The highest BCUT2D eigenvalue weighted by atomic mass is 16.3. The van der Waals surface area contributed by atoms with E-state index in [1.165, 1.54) is 4.68 Å². The van der Waals surface area contributed by atoms with Gasteiger partial charge in [-0.25, -0.2) is 0 Å². The van der Waals surface area contributed by atoms with Crippen molar-refractivity contribution in [1.82, 2.24) is 14.3 Å². The van der Waals surface area contributed by atoms with Gasteiger partial charge in [0.05, 0.1) is 5.69 Å². The average Bonchev–Trinajstić information content (AvgIpc) is 3.22. The summed E-state index contributed by atoms with van der Waals surface area (Å²) in [7, 11) is 0. The van der Waals surface area contributed by atoms with Gasteiger partial charge in [0, 0.05) is 34.6 Å². The molecule has 1 unspecified atom stereocenters. The number of benzene rings is 3. The summed E-state index contributed by atoms with van der Waals surface area (Å²) in [5.41, 5.74) is 4.41. The number of rotatable bonds is 6. The summed E-state index contributed by atoms with van der Waals surface area (Å²) < 4.78 is 3.49. The van der Waals surface area contributed by atoms with Crippen molar-refractivity contribution in [3.8, 4) is 5.69 Å². The monoisotopic (exact) mass is 466 g/mol. The maximum absolute atomic E-state index is 14.0. The third kappa shape index (κ3) is 3.80. The van der Waals surface area contributed by atoms with Crippen LogP contribution in [0.3, 0.4) is 0 Å². The van der Waals surface area contributed by atoms with E-state index in [9.17, 15) is 9.90 Å². The molecule has 1 N–H and O–H groups in total. The Kier molecular flexibility index (Phi) is 5.91. The van der Waals surface area contributed by atoms with Crippen molar-refractivity contribution in [2.75, 3.05) is 11.4 Å². The van der Waals surface area contributed by atoms with Crippen molar-refractivity contribution >= 4 is 27.5 Å². The summed E-state index contributed by atoms with van der Waals surface area (Å²) in [6, 6.07) is 25.5. The summed E-state index contributed by atoms with van der Waals surface area (Å²) in [5.74, 6) is 0. The van der Waals surface area contributed by atoms with Crippen molar-refractivity contribution in [3.63, 3.8) is 0 Å². The maximum atomic E-state index is 14.0. The van der Waals surface area contributed by atoms with Crippen molar-refractivity contribution in [3.05, 3.63) is 100 Å². The highest BCUT2D eigenvalue weighted by molar-refractivity contribution is 6.09. The normalized spacial score (nSPS) is 12.5. The lowest BCUT2D eigenvalue weighted by molar-refractivity contribution is 0.168. The molecule has 0 fully saturated rings. The van der Waals surface area contributed by atoms with E-state index in [1.54, 1.807) is 0 Å². The van der Waals surface area contributed by atoms with Gasteiger partial charge in [-0.15, -0.1) is 0 Å². The van der Waals surface area contributed by atoms with E-state index in [-0.39, 0.29) is 11.6 Å². The summed E-state index contributed by atoms with van der Waals surface area (Å²) in [6.07, 6.45) is -1.05. The Morgan fingerprint density at radius 2 is 1.60 bits per heavy atom. The predicted octanol–water partition coefficient (Wildman–Crippen LogP) is 5.75. The summed E-state index contributed by atoms with van der Waals surface area (Å²) >= 11 is 0. The molecule has 0 aliphatic heterocycles. The minimum absolute atomic E-state index is 0.0420. The molecule has 35 heavy (non-hydrogen) atoms. The minimum atomic E-state index is -1.05. The predicted molar refractivity (Wildman–Crippen MR) is 142 cm³/mol. The van der Waals surface area contributed by atoms with E-state index >= 15 is 0 Å². The Balaban J connectivity index is 1.89. The van der Waals surface area contributed by atoms with Gasteiger partial charge in [-0.1, -0.05) is 54.1 Å². The second kappa shape index (κ2) is 9.04. The number of para-hydroxylation sites is 2. The number of aliphatic hydroxyl groups is 1. The van der Waals surface area contributed by atoms with Gasteiger partial charge in [0.25, 0.3) is 5.56 Å². The molecule has 0 bridgehead atoms. The second-order valence-corrected chi connectivity index (χ2v) is 9.14. The Bertz CT molecular complexity index is 1550. The van der Waals surface area contributed by atoms with Crippen LogP contribution in [0.15, 0.2) is 83.7 Å². The summed E-state index contributed by atoms with van der Waals surface area (Å²) in [5, 5.41) is 18.2. The van der Waals surface area contributed by atoms with Gasteiger partial charge in [0.1, 0.15) is 11.2 Å². The van der Waals surface area contributed by atoms with Crippen LogP contribution in [0.1, 0.15) is 44.3 Å². The molecule has 1 atom stereocenters. The van der Waals surface area contributed by atoms with Crippen LogP contribution in [0.25, 0.3) is 27.5 Å². The first-order valence-corrected chi connectivity index (χ1v) is 12.0. The number of nitrogens with zero attached hydrogens (tertiary/aromatic N) is 4. The SMILES string of the molecule is CCN(c1ccccc1)C(O)c1nn(-c2ccc(C)cc2)c(=O)c2c1c1ccccc1n2C(C)C. The lowest BCUT2D eigenvalue weighted by Crippen LogP contribution is -2.32. The lowest BCUT2D eigenvalue weighted by atomic mass is 10.1. The molecular formula is C29H30N4O2. The molecular weight excluding hydrogens is 436 g/mol. The van der Waals surface area contributed by atoms with Crippen molar-refractivity contribution in [2.45, 2.75) is 40.0 Å². The first-order valence-electron chi connectivity index (χ1n) is 12.0. The largest absolute Gasteiger partial charge is 0.368 e. The Hall–Kier alpha value is -3.90. The quantitative estimate of drug-likeness (QED) is 0.324. The molecule has 0 aliphatic rings. The third-order valence-corrected chi connectivity index (χ3v) is 6.53. The van der Waals surface area contributed by atoms with Gasteiger partial charge in [-0.05, 0) is 58.0 Å². The minimum Gasteiger partial charge on any atom is -0.368 e. The van der Waals surface area contributed by atoms with Gasteiger partial charge < -0.3 is 14.6 Å². The Morgan fingerprint density at radius 1 is 0.943 bits per heavy atom. The number of hydrogen-bond donors (Lipinski definition) is 1. The van der Waals surface area contributed by atoms with Gasteiger partial charge in [-0.2, -0.15) is 9.78 Å². The van der Waals surface area contributed by atoms with Crippen LogP contribution in [0.4, 0.5) is 5.69 Å². The number of fused-ring (bicyclic) bond motifs is 3. The number of aliphatic hydroxyl groups excluding tert-OH is 1. The smallest absolute Gasteiger partial charge is 0.296 e. The number of aryl methyl sites for hydroxylation is 1. The molecule has 2 aromatic heterocycles. The molecule has 5 rings (SSSR count). The highest BCUT2D eigenvalue weighted by Gasteiger charge is 2.28. The zero-order valence-corrected chi connectivity index (χ0v) is 20.5. The number of hydrogen-bond acceptors (Lipinski definition) is 4. The Morgan fingerprint density at radius 3 is 2.26 bits per heavy atom. The van der Waals surface area contributed by atoms with Crippen LogP contribution in [-0.4, -0.2) is 26.0 Å². The maximum Gasteiger partial charge on any atom is 0.296 e. The van der Waals surface area contributed by atoms with E-state index < -0.39 is 6.23 Å². The molecule has 0 radical (unpaired) electrons. The zero-order chi connectivity index (χ0) is 24.7. The standard InChI is InChI=1S/C29H30N4O2/c1-5-31(21-11-7-6-8-12-21)28(34)26-25-23-13-9-10-14-24(23)32(19(2)3)27(25)29(35)33(30-26)22-17-15-20(4)16-18-22/h6-19,28,34H,5H2,1-4H3. The van der Waals surface area contributed by atoms with Gasteiger partial charge in [-0.3, -0.25) is 4.79 Å². The second-order valence-electron chi connectivity index (χ2n) is 9.14. The van der Waals surface area contributed by atoms with Crippen LogP contribution in [-0.2, 0) is 0 Å². The number of anilines is 1.